The van der Waals surface area contributed by atoms with Gasteiger partial charge in [0, 0.05) is 53.9 Å². The predicted molar refractivity (Wildman–Crippen MR) is 125 cm³/mol. The van der Waals surface area contributed by atoms with Gasteiger partial charge in [0.05, 0.1) is 11.7 Å². The highest BCUT2D eigenvalue weighted by Gasteiger charge is 2.24. The molecule has 0 saturated heterocycles. The van der Waals surface area contributed by atoms with Crippen LogP contribution in [0.1, 0.15) is 21.5 Å². The Hall–Kier alpha value is -4.59. The van der Waals surface area contributed by atoms with E-state index in [9.17, 15) is 4.79 Å². The van der Waals surface area contributed by atoms with Gasteiger partial charge in [-0.25, -0.2) is 9.97 Å². The molecule has 0 spiro atoms. The number of hydrogen-bond donors (Lipinski definition) is 2. The molecular weight excluding hydrogens is 414 g/mol. The summed E-state index contributed by atoms with van der Waals surface area (Å²) in [5.74, 6) is 1.34. The second-order valence-electron chi connectivity index (χ2n) is 7.94. The van der Waals surface area contributed by atoms with Crippen molar-refractivity contribution >= 4 is 28.3 Å². The van der Waals surface area contributed by atoms with Gasteiger partial charge in [0.1, 0.15) is 5.82 Å². The molecule has 3 aromatic heterocycles. The van der Waals surface area contributed by atoms with Crippen LogP contribution in [0.5, 0.6) is 0 Å². The van der Waals surface area contributed by atoms with E-state index >= 15 is 0 Å². The van der Waals surface area contributed by atoms with Crippen molar-refractivity contribution in [1.82, 2.24) is 30.0 Å². The highest BCUT2D eigenvalue weighted by molar-refractivity contribution is 5.94. The van der Waals surface area contributed by atoms with Crippen molar-refractivity contribution in [1.29, 1.82) is 0 Å². The van der Waals surface area contributed by atoms with E-state index in [2.05, 4.69) is 37.6 Å². The molecule has 1 amide bonds. The first-order valence-electron chi connectivity index (χ1n) is 10.6. The molecule has 2 N–H and O–H groups in total. The van der Waals surface area contributed by atoms with Gasteiger partial charge in [-0.15, -0.1) is 0 Å². The third-order valence-electron chi connectivity index (χ3n) is 5.77. The monoisotopic (exact) mass is 433 g/mol. The Labute approximate surface area is 189 Å². The highest BCUT2D eigenvalue weighted by Crippen LogP contribution is 2.29. The minimum atomic E-state index is 0.00666. The molecule has 2 aromatic carbocycles. The number of benzene rings is 2. The second kappa shape index (κ2) is 7.83. The second-order valence-corrected chi connectivity index (χ2v) is 7.94. The lowest BCUT2D eigenvalue weighted by Crippen LogP contribution is -2.25. The van der Waals surface area contributed by atoms with Crippen LogP contribution in [0, 0.1) is 0 Å². The van der Waals surface area contributed by atoms with Crippen molar-refractivity contribution < 1.29 is 4.79 Å². The Morgan fingerprint density at radius 3 is 2.73 bits per heavy atom. The summed E-state index contributed by atoms with van der Waals surface area (Å²) in [5.41, 5.74) is 5.73. The zero-order chi connectivity index (χ0) is 22.2. The number of H-pyrrole nitrogens is 1. The zero-order valence-corrected chi connectivity index (χ0v) is 17.6. The van der Waals surface area contributed by atoms with Crippen molar-refractivity contribution in [2.45, 2.75) is 13.1 Å². The summed E-state index contributed by atoms with van der Waals surface area (Å²) >= 11 is 0. The van der Waals surface area contributed by atoms with Crippen molar-refractivity contribution in [3.63, 3.8) is 0 Å². The first kappa shape index (κ1) is 19.1. The first-order valence-corrected chi connectivity index (χ1v) is 10.6. The molecule has 4 heterocycles. The van der Waals surface area contributed by atoms with Crippen molar-refractivity contribution in [2.24, 2.45) is 0 Å². The molecule has 0 bridgehead atoms. The highest BCUT2D eigenvalue weighted by atomic mass is 16.2. The standard InChI is InChI=1S/C25H19N7O/c33-25(16-5-8-26-9-6-16)32-14-18-2-1-17(11-20(18)15-32)24-27-10-7-23(30-24)29-21-3-4-22-19(12-21)13-28-31-22/h1-13H,14-15H2,(H,28,31)(H,27,29,30). The Kier molecular flexibility index (Phi) is 4.54. The van der Waals surface area contributed by atoms with E-state index < -0.39 is 0 Å². The number of fused-ring (bicyclic) bond motifs is 2. The number of rotatable bonds is 4. The van der Waals surface area contributed by atoms with E-state index in [4.69, 9.17) is 4.98 Å². The molecule has 0 radical (unpaired) electrons. The van der Waals surface area contributed by atoms with Crippen LogP contribution >= 0.6 is 0 Å². The van der Waals surface area contributed by atoms with Gasteiger partial charge in [0.2, 0.25) is 0 Å². The molecule has 33 heavy (non-hydrogen) atoms. The summed E-state index contributed by atoms with van der Waals surface area (Å²) in [5, 5.41) is 11.4. The minimum absolute atomic E-state index is 0.00666. The van der Waals surface area contributed by atoms with Crippen LogP contribution in [0.15, 0.2) is 79.4 Å². The topological polar surface area (TPSA) is 99.7 Å². The Bertz CT molecular complexity index is 1480. The number of hydrogen-bond acceptors (Lipinski definition) is 6. The quantitative estimate of drug-likeness (QED) is 0.438. The number of aromatic nitrogens is 5. The molecule has 0 aliphatic carbocycles. The molecule has 8 nitrogen and oxygen atoms in total. The number of carbonyl (C=O) groups is 1. The average Bonchev–Trinajstić information content (AvgIpc) is 3.50. The number of anilines is 2. The van der Waals surface area contributed by atoms with Crippen LogP contribution in [0.3, 0.4) is 0 Å². The van der Waals surface area contributed by atoms with E-state index in [0.717, 1.165) is 33.3 Å². The van der Waals surface area contributed by atoms with Crippen LogP contribution < -0.4 is 5.32 Å². The smallest absolute Gasteiger partial charge is 0.254 e. The maximum atomic E-state index is 12.8. The van der Waals surface area contributed by atoms with E-state index in [1.54, 1.807) is 36.9 Å². The Morgan fingerprint density at radius 2 is 1.82 bits per heavy atom. The predicted octanol–water partition coefficient (Wildman–Crippen LogP) is 4.31. The number of carbonyl (C=O) groups excluding carboxylic acids is 1. The molecule has 0 saturated carbocycles. The van der Waals surface area contributed by atoms with Gasteiger partial charge in [-0.05, 0) is 53.6 Å². The lowest BCUT2D eigenvalue weighted by atomic mass is 10.1. The number of nitrogens with one attached hydrogen (secondary N) is 2. The fraction of sp³-hybridized carbons (Fsp3) is 0.0800. The van der Waals surface area contributed by atoms with Crippen LogP contribution in [-0.4, -0.2) is 36.0 Å². The molecule has 6 rings (SSSR count). The molecule has 0 fully saturated rings. The van der Waals surface area contributed by atoms with Gasteiger partial charge < -0.3 is 10.2 Å². The van der Waals surface area contributed by atoms with Crippen LogP contribution in [0.2, 0.25) is 0 Å². The van der Waals surface area contributed by atoms with Crippen LogP contribution in [-0.2, 0) is 13.1 Å². The van der Waals surface area contributed by atoms with E-state index in [1.165, 1.54) is 0 Å². The summed E-state index contributed by atoms with van der Waals surface area (Å²) in [6, 6.07) is 17.4. The van der Waals surface area contributed by atoms with Gasteiger partial charge >= 0.3 is 0 Å². The van der Waals surface area contributed by atoms with Gasteiger partial charge in [-0.1, -0.05) is 12.1 Å². The molecular formula is C25H19N7O. The Balaban J connectivity index is 1.23. The summed E-state index contributed by atoms with van der Waals surface area (Å²) in [6.07, 6.45) is 6.81. The normalized spacial score (nSPS) is 12.7. The number of amides is 1. The number of nitrogens with zero attached hydrogens (tertiary/aromatic N) is 5. The molecule has 8 heteroatoms. The van der Waals surface area contributed by atoms with Crippen molar-refractivity contribution in [3.05, 3.63) is 96.1 Å². The maximum Gasteiger partial charge on any atom is 0.254 e. The molecule has 5 aromatic rings. The van der Waals surface area contributed by atoms with Crippen LogP contribution in [0.25, 0.3) is 22.3 Å². The SMILES string of the molecule is O=C(c1ccncc1)N1Cc2ccc(-c3nccc(Nc4ccc5[nH]ncc5c4)n3)cc2C1. The largest absolute Gasteiger partial charge is 0.340 e. The van der Waals surface area contributed by atoms with E-state index in [1.807, 2.05) is 35.2 Å². The fourth-order valence-electron chi connectivity index (χ4n) is 4.09. The third kappa shape index (κ3) is 3.67. The minimum Gasteiger partial charge on any atom is -0.340 e. The number of pyridine rings is 1. The zero-order valence-electron chi connectivity index (χ0n) is 17.6. The molecule has 1 aliphatic heterocycles. The summed E-state index contributed by atoms with van der Waals surface area (Å²) in [4.78, 5) is 27.8. The lowest BCUT2D eigenvalue weighted by molar-refractivity contribution is 0.0751. The average molecular weight is 433 g/mol. The third-order valence-corrected chi connectivity index (χ3v) is 5.77. The maximum absolute atomic E-state index is 12.8. The van der Waals surface area contributed by atoms with Crippen molar-refractivity contribution in [3.8, 4) is 11.4 Å². The summed E-state index contributed by atoms with van der Waals surface area (Å²) in [6.45, 7) is 1.16. The molecule has 160 valence electrons. The van der Waals surface area contributed by atoms with Gasteiger partial charge in [-0.2, -0.15) is 5.10 Å². The van der Waals surface area contributed by atoms with E-state index in [0.29, 0.717) is 30.3 Å². The van der Waals surface area contributed by atoms with Crippen molar-refractivity contribution in [2.75, 3.05) is 5.32 Å². The van der Waals surface area contributed by atoms with Crippen LogP contribution in [0.4, 0.5) is 11.5 Å². The lowest BCUT2D eigenvalue weighted by Gasteiger charge is -2.15. The van der Waals surface area contributed by atoms with Gasteiger partial charge in [-0.3, -0.25) is 14.9 Å². The summed E-state index contributed by atoms with van der Waals surface area (Å²) < 4.78 is 0. The molecule has 0 atom stereocenters. The van der Waals surface area contributed by atoms with Gasteiger partial charge in [0.15, 0.2) is 5.82 Å². The fourth-order valence-corrected chi connectivity index (χ4v) is 4.09. The summed E-state index contributed by atoms with van der Waals surface area (Å²) in [7, 11) is 0. The molecule has 0 unspecified atom stereocenters. The first-order chi connectivity index (χ1) is 16.2. The van der Waals surface area contributed by atoms with Gasteiger partial charge in [0.25, 0.3) is 5.91 Å². The number of aromatic amines is 1. The molecule has 1 aliphatic rings. The Morgan fingerprint density at radius 1 is 0.939 bits per heavy atom. The van der Waals surface area contributed by atoms with E-state index in [-0.39, 0.29) is 5.91 Å².